The lowest BCUT2D eigenvalue weighted by atomic mass is 9.80. The van der Waals surface area contributed by atoms with Crippen LogP contribution in [0.2, 0.25) is 0 Å². The maximum absolute atomic E-state index is 12.8. The molecule has 1 fully saturated rings. The summed E-state index contributed by atoms with van der Waals surface area (Å²) in [4.78, 5) is 36.4. The number of rotatable bonds is 5. The molecule has 0 spiro atoms. The van der Waals surface area contributed by atoms with Crippen molar-refractivity contribution in [1.82, 2.24) is 4.90 Å². The summed E-state index contributed by atoms with van der Waals surface area (Å²) in [6, 6.07) is 4.33. The van der Waals surface area contributed by atoms with E-state index < -0.39 is 22.2 Å². The summed E-state index contributed by atoms with van der Waals surface area (Å²) in [7, 11) is 1.41. The monoisotopic (exact) mass is 336 g/mol. The van der Waals surface area contributed by atoms with E-state index in [9.17, 15) is 24.8 Å². The van der Waals surface area contributed by atoms with E-state index >= 15 is 0 Å². The molecule has 0 radical (unpaired) electrons. The molecule has 1 aromatic carbocycles. The van der Waals surface area contributed by atoms with Gasteiger partial charge in [-0.05, 0) is 31.4 Å². The highest BCUT2D eigenvalue weighted by Gasteiger charge is 2.44. The first-order chi connectivity index (χ1) is 11.3. The molecule has 0 bridgehead atoms. The molecule has 1 aliphatic rings. The van der Waals surface area contributed by atoms with Gasteiger partial charge in [0.15, 0.2) is 0 Å². The molecule has 1 aromatic rings. The van der Waals surface area contributed by atoms with E-state index in [2.05, 4.69) is 0 Å². The Hall–Kier alpha value is -2.48. The molecule has 0 saturated carbocycles. The maximum atomic E-state index is 12.8. The zero-order valence-corrected chi connectivity index (χ0v) is 13.7. The highest BCUT2D eigenvalue weighted by Crippen LogP contribution is 2.32. The van der Waals surface area contributed by atoms with Crippen molar-refractivity contribution in [3.63, 3.8) is 0 Å². The first kappa shape index (κ1) is 17.9. The molecule has 1 atom stereocenters. The van der Waals surface area contributed by atoms with Crippen molar-refractivity contribution in [2.45, 2.75) is 19.8 Å². The number of ether oxygens (including phenoxy) is 1. The summed E-state index contributed by atoms with van der Waals surface area (Å²) in [5, 5.41) is 20.7. The second-order valence-corrected chi connectivity index (χ2v) is 6.13. The van der Waals surface area contributed by atoms with Crippen molar-refractivity contribution in [3.8, 4) is 0 Å². The minimum Gasteiger partial charge on any atom is -0.481 e. The van der Waals surface area contributed by atoms with Gasteiger partial charge in [-0.15, -0.1) is 0 Å². The highest BCUT2D eigenvalue weighted by molar-refractivity contribution is 5.98. The van der Waals surface area contributed by atoms with E-state index in [0.717, 1.165) is 5.56 Å². The zero-order valence-electron chi connectivity index (χ0n) is 13.7. The number of aliphatic carboxylic acids is 1. The van der Waals surface area contributed by atoms with Gasteiger partial charge in [0.25, 0.3) is 11.6 Å². The molecular weight excluding hydrogens is 316 g/mol. The number of likely N-dealkylation sites (tertiary alicyclic amines) is 1. The lowest BCUT2D eigenvalue weighted by Gasteiger charge is -2.39. The number of amides is 1. The van der Waals surface area contributed by atoms with Gasteiger partial charge in [-0.3, -0.25) is 19.7 Å². The smallest absolute Gasteiger partial charge is 0.313 e. The van der Waals surface area contributed by atoms with Gasteiger partial charge >= 0.3 is 5.97 Å². The van der Waals surface area contributed by atoms with Gasteiger partial charge in [-0.2, -0.15) is 0 Å². The number of methoxy groups -OCH3 is 1. The standard InChI is InChI=1S/C16H20N2O6/c1-11-4-5-13(18(22)23)12(8-11)14(19)17-7-3-6-16(9-17,10-24-2)15(20)21/h4-5,8H,3,6-7,9-10H2,1-2H3,(H,20,21). The average molecular weight is 336 g/mol. The highest BCUT2D eigenvalue weighted by atomic mass is 16.6. The van der Waals surface area contributed by atoms with Gasteiger partial charge in [0.2, 0.25) is 0 Å². The van der Waals surface area contributed by atoms with Crippen molar-refractivity contribution in [3.05, 3.63) is 39.4 Å². The topological polar surface area (TPSA) is 110 Å². The molecule has 130 valence electrons. The van der Waals surface area contributed by atoms with E-state index in [0.29, 0.717) is 19.4 Å². The quantitative estimate of drug-likeness (QED) is 0.649. The predicted octanol–water partition coefficient (Wildman–Crippen LogP) is 1.86. The molecule has 1 aliphatic heterocycles. The number of aryl methyl sites for hydroxylation is 1. The molecule has 24 heavy (non-hydrogen) atoms. The number of carbonyl (C=O) groups excluding carboxylic acids is 1. The number of hydrogen-bond acceptors (Lipinski definition) is 5. The Balaban J connectivity index is 2.35. The van der Waals surface area contributed by atoms with E-state index in [1.807, 2.05) is 0 Å². The fourth-order valence-corrected chi connectivity index (χ4v) is 3.09. The lowest BCUT2D eigenvalue weighted by Crippen LogP contribution is -2.52. The van der Waals surface area contributed by atoms with Crippen LogP contribution < -0.4 is 0 Å². The van der Waals surface area contributed by atoms with Crippen LogP contribution in [0.3, 0.4) is 0 Å². The Bertz CT molecular complexity index is 671. The summed E-state index contributed by atoms with van der Waals surface area (Å²) < 4.78 is 5.03. The van der Waals surface area contributed by atoms with Crippen LogP contribution >= 0.6 is 0 Å². The molecule has 0 aromatic heterocycles. The molecule has 2 rings (SSSR count). The SMILES string of the molecule is COCC1(C(=O)O)CCCN(C(=O)c2cc(C)ccc2[N+](=O)[O-])C1. The van der Waals surface area contributed by atoms with Crippen molar-refractivity contribution < 1.29 is 24.4 Å². The average Bonchev–Trinajstić information content (AvgIpc) is 2.54. The lowest BCUT2D eigenvalue weighted by molar-refractivity contribution is -0.385. The minimum atomic E-state index is -1.18. The van der Waals surface area contributed by atoms with Gasteiger partial charge in [0.05, 0.1) is 11.5 Å². The van der Waals surface area contributed by atoms with E-state index in [1.54, 1.807) is 13.0 Å². The summed E-state index contributed by atoms with van der Waals surface area (Å²) in [5.74, 6) is -1.55. The van der Waals surface area contributed by atoms with E-state index in [4.69, 9.17) is 4.74 Å². The number of carboxylic acids is 1. The van der Waals surface area contributed by atoms with Gasteiger partial charge in [0, 0.05) is 26.3 Å². The first-order valence-corrected chi connectivity index (χ1v) is 7.57. The Morgan fingerprint density at radius 3 is 2.75 bits per heavy atom. The van der Waals surface area contributed by atoms with Crippen molar-refractivity contribution in [2.24, 2.45) is 5.41 Å². The second-order valence-electron chi connectivity index (χ2n) is 6.13. The van der Waals surface area contributed by atoms with Gasteiger partial charge in [0.1, 0.15) is 11.0 Å². The fourth-order valence-electron chi connectivity index (χ4n) is 3.09. The summed E-state index contributed by atoms with van der Waals surface area (Å²) >= 11 is 0. The Morgan fingerprint density at radius 1 is 1.46 bits per heavy atom. The molecule has 1 amide bonds. The third-order valence-electron chi connectivity index (χ3n) is 4.32. The molecular formula is C16H20N2O6. The zero-order chi connectivity index (χ0) is 17.9. The van der Waals surface area contributed by atoms with Gasteiger partial charge in [-0.1, -0.05) is 6.07 Å². The largest absolute Gasteiger partial charge is 0.481 e. The normalized spacial score (nSPS) is 20.7. The molecule has 1 unspecified atom stereocenters. The Kier molecular flexibility index (Phi) is 5.18. The third kappa shape index (κ3) is 3.38. The molecule has 1 heterocycles. The van der Waals surface area contributed by atoms with E-state index in [-0.39, 0.29) is 24.4 Å². The molecule has 1 N–H and O–H groups in total. The van der Waals surface area contributed by atoms with E-state index in [1.165, 1.54) is 24.1 Å². The molecule has 8 nitrogen and oxygen atoms in total. The molecule has 0 aliphatic carbocycles. The maximum Gasteiger partial charge on any atom is 0.313 e. The minimum absolute atomic E-state index is 0.0119. The Labute approximate surface area is 139 Å². The summed E-state index contributed by atoms with van der Waals surface area (Å²) in [6.07, 6.45) is 0.900. The fraction of sp³-hybridized carbons (Fsp3) is 0.500. The van der Waals surface area contributed by atoms with Crippen LogP contribution in [0.15, 0.2) is 18.2 Å². The second kappa shape index (κ2) is 6.96. The number of nitro benzene ring substituents is 1. The summed E-state index contributed by atoms with van der Waals surface area (Å²) in [6.45, 7) is 2.06. The first-order valence-electron chi connectivity index (χ1n) is 7.57. The van der Waals surface area contributed by atoms with Crippen LogP contribution in [0, 0.1) is 22.5 Å². The number of nitrogens with zero attached hydrogens (tertiary/aromatic N) is 2. The van der Waals surface area contributed by atoms with Gasteiger partial charge in [-0.25, -0.2) is 0 Å². The number of carboxylic acid groups (broad SMARTS) is 1. The van der Waals surface area contributed by atoms with Crippen molar-refractivity contribution in [2.75, 3.05) is 26.8 Å². The number of hydrogen-bond donors (Lipinski definition) is 1. The summed E-state index contributed by atoms with van der Waals surface area (Å²) in [5.41, 5.74) is -0.744. The van der Waals surface area contributed by atoms with Crippen molar-refractivity contribution >= 4 is 17.6 Å². The van der Waals surface area contributed by atoms with Crippen LogP contribution in [-0.4, -0.2) is 53.6 Å². The number of nitro groups is 1. The third-order valence-corrected chi connectivity index (χ3v) is 4.32. The predicted molar refractivity (Wildman–Crippen MR) is 84.9 cm³/mol. The van der Waals surface area contributed by atoms with Crippen LogP contribution in [0.25, 0.3) is 0 Å². The van der Waals surface area contributed by atoms with Crippen LogP contribution in [0.4, 0.5) is 5.69 Å². The van der Waals surface area contributed by atoms with Crippen LogP contribution in [0.1, 0.15) is 28.8 Å². The van der Waals surface area contributed by atoms with Crippen LogP contribution in [-0.2, 0) is 9.53 Å². The number of piperidine rings is 1. The van der Waals surface area contributed by atoms with Crippen LogP contribution in [0.5, 0.6) is 0 Å². The van der Waals surface area contributed by atoms with Crippen molar-refractivity contribution in [1.29, 1.82) is 0 Å². The van der Waals surface area contributed by atoms with Gasteiger partial charge < -0.3 is 14.7 Å². The molecule has 8 heteroatoms. The molecule has 1 saturated heterocycles. The Morgan fingerprint density at radius 2 is 2.17 bits per heavy atom. The number of carbonyl (C=O) groups is 2. The number of benzene rings is 1.